The van der Waals surface area contributed by atoms with Gasteiger partial charge in [-0.25, -0.2) is 0 Å². The van der Waals surface area contributed by atoms with Crippen LogP contribution in [0.4, 0.5) is 13.2 Å². The fraction of sp³-hybridized carbons (Fsp3) is 0.333. The molecule has 0 unspecified atom stereocenters. The van der Waals surface area contributed by atoms with E-state index in [9.17, 15) is 18.0 Å². The Morgan fingerprint density at radius 3 is 2.41 bits per heavy atom. The van der Waals surface area contributed by atoms with Crippen LogP contribution in [0.1, 0.15) is 38.5 Å². The number of nitrogens with zero attached hydrogens (tertiary/aromatic N) is 2. The molecule has 3 rings (SSSR count). The summed E-state index contributed by atoms with van der Waals surface area (Å²) in [4.78, 5) is 11.4. The van der Waals surface area contributed by atoms with Gasteiger partial charge in [0.1, 0.15) is 11.9 Å². The van der Waals surface area contributed by atoms with Gasteiger partial charge in [-0.1, -0.05) is 30.3 Å². The van der Waals surface area contributed by atoms with Crippen LogP contribution in [0.25, 0.3) is 10.9 Å². The number of aromatic nitrogens is 2. The van der Waals surface area contributed by atoms with Crippen LogP contribution in [0.5, 0.6) is 5.75 Å². The first-order valence-electron chi connectivity index (χ1n) is 9.23. The van der Waals surface area contributed by atoms with Gasteiger partial charge in [0.15, 0.2) is 0 Å². The van der Waals surface area contributed by atoms with Crippen molar-refractivity contribution in [1.82, 2.24) is 15.1 Å². The monoisotopic (exact) mass is 405 g/mol. The molecule has 5 nitrogen and oxygen atoms in total. The van der Waals surface area contributed by atoms with E-state index < -0.39 is 24.2 Å². The third-order valence-corrected chi connectivity index (χ3v) is 4.52. The van der Waals surface area contributed by atoms with Gasteiger partial charge in [-0.3, -0.25) is 9.48 Å². The Balaban J connectivity index is 1.89. The molecule has 3 aromatic rings. The molecular weight excluding hydrogens is 383 g/mol. The number of carbonyl (C=O) groups is 1. The lowest BCUT2D eigenvalue weighted by Crippen LogP contribution is -2.45. The zero-order valence-electron chi connectivity index (χ0n) is 16.3. The van der Waals surface area contributed by atoms with Crippen molar-refractivity contribution in [3.05, 3.63) is 60.3 Å². The quantitative estimate of drug-likeness (QED) is 0.641. The van der Waals surface area contributed by atoms with E-state index in [1.54, 1.807) is 48.7 Å². The van der Waals surface area contributed by atoms with Crippen molar-refractivity contribution in [1.29, 1.82) is 0 Å². The molecule has 0 bridgehead atoms. The summed E-state index contributed by atoms with van der Waals surface area (Å²) in [7, 11) is 0. The van der Waals surface area contributed by atoms with E-state index in [4.69, 9.17) is 4.74 Å². The van der Waals surface area contributed by atoms with Crippen LogP contribution in [-0.2, 0) is 4.79 Å². The van der Waals surface area contributed by atoms with Gasteiger partial charge in [-0.2, -0.15) is 18.3 Å². The van der Waals surface area contributed by atoms with Crippen LogP contribution < -0.4 is 10.1 Å². The van der Waals surface area contributed by atoms with E-state index in [2.05, 4.69) is 5.10 Å². The molecule has 1 heterocycles. The van der Waals surface area contributed by atoms with E-state index in [1.165, 1.54) is 6.92 Å². The average molecular weight is 405 g/mol. The molecular formula is C21H22F3N3O2. The highest BCUT2D eigenvalue weighted by Crippen LogP contribution is 2.29. The molecule has 0 saturated carbocycles. The largest absolute Gasteiger partial charge is 0.484 e. The second-order valence-corrected chi connectivity index (χ2v) is 7.11. The summed E-state index contributed by atoms with van der Waals surface area (Å²) in [5, 5.41) is 7.20. The molecule has 29 heavy (non-hydrogen) atoms. The van der Waals surface area contributed by atoms with Crippen molar-refractivity contribution in [2.75, 3.05) is 0 Å². The fourth-order valence-electron chi connectivity index (χ4n) is 3.13. The highest BCUT2D eigenvalue weighted by atomic mass is 19.4. The molecule has 2 aromatic carbocycles. The molecule has 0 fully saturated rings. The molecule has 0 spiro atoms. The zero-order chi connectivity index (χ0) is 21.2. The molecule has 8 heteroatoms. The Morgan fingerprint density at radius 2 is 1.79 bits per heavy atom. The Morgan fingerprint density at radius 1 is 1.10 bits per heavy atom. The van der Waals surface area contributed by atoms with Gasteiger partial charge in [0.2, 0.25) is 0 Å². The number of halogens is 3. The number of hydrogen-bond acceptors (Lipinski definition) is 3. The molecule has 0 saturated heterocycles. The van der Waals surface area contributed by atoms with E-state index in [-0.39, 0.29) is 6.04 Å². The summed E-state index contributed by atoms with van der Waals surface area (Å²) < 4.78 is 46.0. The first kappa shape index (κ1) is 20.7. The highest BCUT2D eigenvalue weighted by Gasteiger charge is 2.40. The summed E-state index contributed by atoms with van der Waals surface area (Å²) in [6.07, 6.45) is -4.05. The molecule has 0 aliphatic heterocycles. The topological polar surface area (TPSA) is 56.1 Å². The Labute approximate surface area is 166 Å². The number of hydrogen-bond donors (Lipinski definition) is 1. The average Bonchev–Trinajstić information content (AvgIpc) is 3.09. The van der Waals surface area contributed by atoms with E-state index in [1.807, 2.05) is 29.9 Å². The number of carbonyl (C=O) groups excluding carboxylic acids is 1. The number of alkyl halides is 3. The molecule has 1 aromatic heterocycles. The second-order valence-electron chi connectivity index (χ2n) is 7.11. The van der Waals surface area contributed by atoms with Crippen LogP contribution in [0.3, 0.4) is 0 Å². The predicted molar refractivity (Wildman–Crippen MR) is 104 cm³/mol. The summed E-state index contributed by atoms with van der Waals surface area (Å²) in [6.45, 7) is 5.53. The number of benzene rings is 2. The van der Waals surface area contributed by atoms with E-state index >= 15 is 0 Å². The van der Waals surface area contributed by atoms with Crippen molar-refractivity contribution < 1.29 is 22.7 Å². The first-order valence-corrected chi connectivity index (χ1v) is 9.23. The minimum absolute atomic E-state index is 0.189. The predicted octanol–water partition coefficient (Wildman–Crippen LogP) is 4.80. The minimum Gasteiger partial charge on any atom is -0.484 e. The second kappa shape index (κ2) is 8.14. The van der Waals surface area contributed by atoms with Gasteiger partial charge < -0.3 is 10.1 Å². The standard InChI is InChI=1S/C21H22F3N3O2/c1-13(2)27-18-10-9-17(11-16(18)12-25-27)29-19(15-7-5-4-6-8-15)14(3)26-20(28)21(22,23)24/h4-14,19H,1-3H3,(H,26,28)/t14-,19+/m0/s1. The maximum absolute atomic E-state index is 12.7. The molecule has 154 valence electrons. The van der Waals surface area contributed by atoms with Gasteiger partial charge in [0, 0.05) is 11.4 Å². The number of fused-ring (bicyclic) bond motifs is 1. The summed E-state index contributed by atoms with van der Waals surface area (Å²) in [5.41, 5.74) is 1.59. The van der Waals surface area contributed by atoms with Crippen molar-refractivity contribution in [2.24, 2.45) is 0 Å². The Kier molecular flexibility index (Phi) is 5.81. The maximum atomic E-state index is 12.7. The van der Waals surface area contributed by atoms with Gasteiger partial charge in [-0.15, -0.1) is 0 Å². The summed E-state index contributed by atoms with van der Waals surface area (Å²) in [5.74, 6) is -1.52. The van der Waals surface area contributed by atoms with Crippen LogP contribution in [0.2, 0.25) is 0 Å². The van der Waals surface area contributed by atoms with Crippen LogP contribution in [0, 0.1) is 0 Å². The smallest absolute Gasteiger partial charge is 0.471 e. The van der Waals surface area contributed by atoms with Crippen molar-refractivity contribution in [3.8, 4) is 5.75 Å². The molecule has 1 amide bonds. The summed E-state index contributed by atoms with van der Waals surface area (Å²) in [6, 6.07) is 13.5. The van der Waals surface area contributed by atoms with Gasteiger partial charge in [0.05, 0.1) is 17.8 Å². The third-order valence-electron chi connectivity index (χ3n) is 4.52. The maximum Gasteiger partial charge on any atom is 0.471 e. The van der Waals surface area contributed by atoms with Crippen molar-refractivity contribution in [2.45, 2.75) is 45.1 Å². The Bertz CT molecular complexity index is 984. The van der Waals surface area contributed by atoms with Gasteiger partial charge in [0.25, 0.3) is 0 Å². The van der Waals surface area contributed by atoms with Crippen molar-refractivity contribution in [3.63, 3.8) is 0 Å². The lowest BCUT2D eigenvalue weighted by atomic mass is 10.0. The fourth-order valence-corrected chi connectivity index (χ4v) is 3.13. The van der Waals surface area contributed by atoms with E-state index in [0.29, 0.717) is 11.3 Å². The normalized spacial score (nSPS) is 14.0. The molecule has 1 N–H and O–H groups in total. The highest BCUT2D eigenvalue weighted by molar-refractivity contribution is 5.82. The molecule has 2 atom stereocenters. The lowest BCUT2D eigenvalue weighted by Gasteiger charge is -2.27. The Hall–Kier alpha value is -3.03. The van der Waals surface area contributed by atoms with Crippen LogP contribution in [0.15, 0.2) is 54.7 Å². The third kappa shape index (κ3) is 4.70. The van der Waals surface area contributed by atoms with E-state index in [0.717, 1.165) is 10.9 Å². The SMILES string of the molecule is CC(C)n1ncc2cc(O[C@@H](c3ccccc3)[C@H](C)NC(=O)C(F)(F)F)ccc21. The molecule has 0 aliphatic rings. The van der Waals surface area contributed by atoms with Crippen molar-refractivity contribution >= 4 is 16.8 Å². The number of amides is 1. The zero-order valence-corrected chi connectivity index (χ0v) is 16.3. The molecule has 0 radical (unpaired) electrons. The number of ether oxygens (including phenoxy) is 1. The minimum atomic E-state index is -4.96. The van der Waals surface area contributed by atoms with Crippen LogP contribution >= 0.6 is 0 Å². The number of rotatable bonds is 6. The van der Waals surface area contributed by atoms with Gasteiger partial charge in [-0.05, 0) is 44.5 Å². The number of nitrogens with one attached hydrogen (secondary N) is 1. The lowest BCUT2D eigenvalue weighted by molar-refractivity contribution is -0.174. The van der Waals surface area contributed by atoms with Gasteiger partial charge >= 0.3 is 12.1 Å². The first-order chi connectivity index (χ1) is 13.7. The van der Waals surface area contributed by atoms with Crippen LogP contribution in [-0.4, -0.2) is 27.9 Å². The molecule has 0 aliphatic carbocycles. The summed E-state index contributed by atoms with van der Waals surface area (Å²) >= 11 is 0.